The average molecular weight is 552 g/mol. The van der Waals surface area contributed by atoms with Gasteiger partial charge in [-0.2, -0.15) is 0 Å². The molecule has 0 bridgehead atoms. The van der Waals surface area contributed by atoms with Crippen molar-refractivity contribution >= 4 is 23.5 Å². The van der Waals surface area contributed by atoms with Crippen LogP contribution < -0.4 is 15.4 Å². The maximum absolute atomic E-state index is 13.9. The Morgan fingerprint density at radius 1 is 1.02 bits per heavy atom. The van der Waals surface area contributed by atoms with Crippen LogP contribution in [-0.4, -0.2) is 29.8 Å². The Hall–Kier alpha value is -4.72. The number of nitrogens with zero attached hydrogens (tertiary/aromatic N) is 1. The zero-order valence-corrected chi connectivity index (χ0v) is 23.6. The van der Waals surface area contributed by atoms with E-state index in [2.05, 4.69) is 15.6 Å². The van der Waals surface area contributed by atoms with Gasteiger partial charge in [0, 0.05) is 53.6 Å². The molecular formula is C33H33N3O5. The second kappa shape index (κ2) is 11.8. The van der Waals surface area contributed by atoms with Gasteiger partial charge in [-0.1, -0.05) is 42.5 Å². The third-order valence-electron chi connectivity index (χ3n) is 7.65. The molecular weight excluding hydrogens is 518 g/mol. The standard InChI is InChI=1S/C33H33N3O5/c1-19-9-8-14-34-32(19)36-33(39)29-20(2)35-26-16-24(22-10-6-5-7-11-22)17-27(38)31(26)30(29)23-12-13-28(40-4)25(15-23)18-41-21(3)37/h5-15,24,30,35H,16-18H2,1-4H3,(H,34,36,39)/t24-,30-/m0/s1. The molecule has 2 heterocycles. The number of carbonyl (C=O) groups excluding carboxylic acids is 3. The zero-order valence-electron chi connectivity index (χ0n) is 23.6. The summed E-state index contributed by atoms with van der Waals surface area (Å²) in [5.41, 5.74) is 5.80. The fourth-order valence-corrected chi connectivity index (χ4v) is 5.70. The number of anilines is 1. The van der Waals surface area contributed by atoms with E-state index in [1.54, 1.807) is 19.4 Å². The molecule has 3 aromatic rings. The minimum Gasteiger partial charge on any atom is -0.496 e. The number of aromatic nitrogens is 1. The van der Waals surface area contributed by atoms with Gasteiger partial charge in [0.2, 0.25) is 0 Å². The van der Waals surface area contributed by atoms with Crippen LogP contribution in [0.25, 0.3) is 0 Å². The normalized spacial score (nSPS) is 18.4. The minimum absolute atomic E-state index is 0.00457. The van der Waals surface area contributed by atoms with Crippen molar-refractivity contribution in [3.63, 3.8) is 0 Å². The number of rotatable bonds is 7. The van der Waals surface area contributed by atoms with Gasteiger partial charge < -0.3 is 20.1 Å². The highest BCUT2D eigenvalue weighted by molar-refractivity contribution is 6.09. The monoisotopic (exact) mass is 551 g/mol. The van der Waals surface area contributed by atoms with Gasteiger partial charge in [-0.05, 0) is 61.1 Å². The summed E-state index contributed by atoms with van der Waals surface area (Å²) in [6.07, 6.45) is 2.61. The molecule has 210 valence electrons. The van der Waals surface area contributed by atoms with Crippen LogP contribution in [0.15, 0.2) is 89.4 Å². The van der Waals surface area contributed by atoms with E-state index in [4.69, 9.17) is 9.47 Å². The Morgan fingerprint density at radius 2 is 1.80 bits per heavy atom. The summed E-state index contributed by atoms with van der Waals surface area (Å²) in [6.45, 7) is 5.08. The lowest BCUT2D eigenvalue weighted by atomic mass is 9.71. The van der Waals surface area contributed by atoms with Crippen molar-refractivity contribution < 1.29 is 23.9 Å². The smallest absolute Gasteiger partial charge is 0.302 e. The number of hydrogen-bond donors (Lipinski definition) is 2. The first-order valence-electron chi connectivity index (χ1n) is 13.6. The van der Waals surface area contributed by atoms with Gasteiger partial charge in [0.05, 0.1) is 7.11 Å². The second-order valence-corrected chi connectivity index (χ2v) is 10.4. The van der Waals surface area contributed by atoms with Crippen LogP contribution in [0.4, 0.5) is 5.82 Å². The van der Waals surface area contributed by atoms with Crippen LogP contribution in [0.3, 0.4) is 0 Å². The average Bonchev–Trinajstić information content (AvgIpc) is 2.96. The maximum atomic E-state index is 13.9. The second-order valence-electron chi connectivity index (χ2n) is 10.4. The van der Waals surface area contributed by atoms with E-state index in [0.29, 0.717) is 46.8 Å². The minimum atomic E-state index is -0.638. The van der Waals surface area contributed by atoms with Gasteiger partial charge in [-0.25, -0.2) is 4.98 Å². The van der Waals surface area contributed by atoms with Gasteiger partial charge in [-0.15, -0.1) is 0 Å². The third-order valence-corrected chi connectivity index (χ3v) is 7.65. The Morgan fingerprint density at radius 3 is 2.51 bits per heavy atom. The summed E-state index contributed by atoms with van der Waals surface area (Å²) in [7, 11) is 1.55. The fourth-order valence-electron chi connectivity index (χ4n) is 5.70. The van der Waals surface area contributed by atoms with Crippen molar-refractivity contribution in [2.45, 2.75) is 52.1 Å². The quantitative estimate of drug-likeness (QED) is 0.376. The Bertz CT molecular complexity index is 1570. The highest BCUT2D eigenvalue weighted by Crippen LogP contribution is 2.46. The van der Waals surface area contributed by atoms with Crippen LogP contribution in [0.5, 0.6) is 5.75 Å². The van der Waals surface area contributed by atoms with E-state index in [1.807, 2.05) is 68.4 Å². The molecule has 1 aromatic heterocycles. The van der Waals surface area contributed by atoms with Gasteiger partial charge in [-0.3, -0.25) is 14.4 Å². The number of ether oxygens (including phenoxy) is 2. The predicted molar refractivity (Wildman–Crippen MR) is 155 cm³/mol. The predicted octanol–water partition coefficient (Wildman–Crippen LogP) is 5.46. The number of amides is 1. The molecule has 0 spiro atoms. The summed E-state index contributed by atoms with van der Waals surface area (Å²) in [5, 5.41) is 6.38. The number of aryl methyl sites for hydroxylation is 1. The topological polar surface area (TPSA) is 107 Å². The molecule has 2 aromatic carbocycles. The number of carbonyl (C=O) groups is 3. The summed E-state index contributed by atoms with van der Waals surface area (Å²) >= 11 is 0. The number of hydrogen-bond acceptors (Lipinski definition) is 7. The van der Waals surface area contributed by atoms with Crippen molar-refractivity contribution in [3.05, 3.63) is 112 Å². The van der Waals surface area contributed by atoms with E-state index in [1.165, 1.54) is 6.92 Å². The van der Waals surface area contributed by atoms with E-state index < -0.39 is 11.9 Å². The number of dihydropyridines is 1. The number of nitrogens with one attached hydrogen (secondary N) is 2. The number of methoxy groups -OCH3 is 1. The SMILES string of the molecule is COc1ccc([C@H]2C(C(=O)Nc3ncccc3C)=C(C)NC3=C2C(=O)C[C@@H](c2ccccc2)C3)cc1COC(C)=O. The molecule has 0 radical (unpaired) electrons. The van der Waals surface area contributed by atoms with Crippen molar-refractivity contribution in [2.24, 2.45) is 0 Å². The molecule has 8 nitrogen and oxygen atoms in total. The summed E-state index contributed by atoms with van der Waals surface area (Å²) in [4.78, 5) is 43.8. The number of ketones is 1. The number of esters is 1. The van der Waals surface area contributed by atoms with Crippen LogP contribution >= 0.6 is 0 Å². The van der Waals surface area contributed by atoms with Crippen LogP contribution in [0.1, 0.15) is 60.8 Å². The molecule has 1 aliphatic carbocycles. The lowest BCUT2D eigenvalue weighted by Gasteiger charge is -2.37. The molecule has 8 heteroatoms. The number of benzene rings is 2. The Kier molecular flexibility index (Phi) is 8.01. The molecule has 41 heavy (non-hydrogen) atoms. The van der Waals surface area contributed by atoms with Crippen molar-refractivity contribution in [3.8, 4) is 5.75 Å². The molecule has 0 saturated heterocycles. The van der Waals surface area contributed by atoms with Crippen molar-refractivity contribution in [1.29, 1.82) is 0 Å². The van der Waals surface area contributed by atoms with Crippen molar-refractivity contribution in [1.82, 2.24) is 10.3 Å². The molecule has 2 N–H and O–H groups in total. The highest BCUT2D eigenvalue weighted by atomic mass is 16.5. The lowest BCUT2D eigenvalue weighted by Crippen LogP contribution is -2.37. The van der Waals surface area contributed by atoms with Gasteiger partial charge >= 0.3 is 5.97 Å². The van der Waals surface area contributed by atoms with Crippen molar-refractivity contribution in [2.75, 3.05) is 12.4 Å². The van der Waals surface area contributed by atoms with Crippen LogP contribution in [0, 0.1) is 6.92 Å². The first-order valence-corrected chi connectivity index (χ1v) is 13.6. The van der Waals surface area contributed by atoms with Gasteiger partial charge in [0.1, 0.15) is 18.2 Å². The Labute approximate surface area is 239 Å². The van der Waals surface area contributed by atoms with E-state index >= 15 is 0 Å². The molecule has 2 aliphatic rings. The summed E-state index contributed by atoms with van der Waals surface area (Å²) in [6, 6.07) is 19.2. The van der Waals surface area contributed by atoms with E-state index in [-0.39, 0.29) is 24.2 Å². The molecule has 5 rings (SSSR count). The molecule has 1 aliphatic heterocycles. The largest absolute Gasteiger partial charge is 0.496 e. The first kappa shape index (κ1) is 27.8. The Balaban J connectivity index is 1.61. The molecule has 1 amide bonds. The van der Waals surface area contributed by atoms with Gasteiger partial charge in [0.25, 0.3) is 5.91 Å². The highest BCUT2D eigenvalue weighted by Gasteiger charge is 2.41. The first-order chi connectivity index (χ1) is 19.8. The fraction of sp³-hybridized carbons (Fsp3) is 0.273. The summed E-state index contributed by atoms with van der Waals surface area (Å²) in [5.74, 6) is -0.369. The summed E-state index contributed by atoms with van der Waals surface area (Å²) < 4.78 is 10.8. The lowest BCUT2D eigenvalue weighted by molar-refractivity contribution is -0.142. The molecule has 0 saturated carbocycles. The van der Waals surface area contributed by atoms with Crippen LogP contribution in [0.2, 0.25) is 0 Å². The zero-order chi connectivity index (χ0) is 29.1. The van der Waals surface area contributed by atoms with E-state index in [9.17, 15) is 14.4 Å². The molecule has 2 atom stereocenters. The van der Waals surface area contributed by atoms with Crippen LogP contribution in [-0.2, 0) is 25.7 Å². The maximum Gasteiger partial charge on any atom is 0.302 e. The molecule has 0 unspecified atom stereocenters. The van der Waals surface area contributed by atoms with E-state index in [0.717, 1.165) is 22.4 Å². The molecule has 0 fully saturated rings. The number of Topliss-reactive ketones (excluding diaryl/α,β-unsaturated/α-hetero) is 1. The third kappa shape index (κ3) is 5.77. The number of pyridine rings is 1. The van der Waals surface area contributed by atoms with Gasteiger partial charge in [0.15, 0.2) is 5.78 Å². The number of allylic oxidation sites excluding steroid dienone is 3.